The molecule has 2 aliphatic rings. The van der Waals surface area contributed by atoms with Gasteiger partial charge in [-0.15, -0.1) is 0 Å². The minimum absolute atomic E-state index is 0.572. The summed E-state index contributed by atoms with van der Waals surface area (Å²) in [5.41, 5.74) is 0. The van der Waals surface area contributed by atoms with Crippen LogP contribution in [0.3, 0.4) is 0 Å². The Labute approximate surface area is 116 Å². The molecule has 4 heteroatoms. The van der Waals surface area contributed by atoms with E-state index in [9.17, 15) is 0 Å². The van der Waals surface area contributed by atoms with E-state index in [4.69, 9.17) is 0 Å². The van der Waals surface area contributed by atoms with E-state index in [0.717, 1.165) is 36.5 Å². The molecule has 2 aliphatic carbocycles. The van der Waals surface area contributed by atoms with Gasteiger partial charge in [0, 0.05) is 19.0 Å². The third-order valence-corrected chi connectivity index (χ3v) is 4.86. The topological polar surface area (TPSA) is 42.7 Å². The maximum atomic E-state index is 4.47. The van der Waals surface area contributed by atoms with E-state index in [1.54, 1.807) is 6.33 Å². The summed E-state index contributed by atoms with van der Waals surface area (Å²) in [6, 6.07) is 0.572. The molecule has 1 N–H and O–H groups in total. The van der Waals surface area contributed by atoms with Crippen LogP contribution >= 0.6 is 0 Å². The molecule has 4 nitrogen and oxygen atoms in total. The van der Waals surface area contributed by atoms with E-state index < -0.39 is 0 Å². The number of fused-ring (bicyclic) bond motifs is 1. The van der Waals surface area contributed by atoms with Crippen LogP contribution < -0.4 is 5.32 Å². The number of hydrogen-bond donors (Lipinski definition) is 1. The Bertz CT molecular complexity index is 416. The summed E-state index contributed by atoms with van der Waals surface area (Å²) in [4.78, 5) is 4.47. The highest BCUT2D eigenvalue weighted by atomic mass is 15.3. The van der Waals surface area contributed by atoms with Crippen molar-refractivity contribution in [1.82, 2.24) is 20.1 Å². The lowest BCUT2D eigenvalue weighted by molar-refractivity contribution is 0.337. The van der Waals surface area contributed by atoms with Gasteiger partial charge in [0.05, 0.1) is 0 Å². The standard InChI is InChI=1S/C15H26N4/c1-10(2)8-19-15(17-9-18-19)7-14(16-3)13-5-11-4-12(11)6-13/h9-14,16H,4-8H2,1-3H3. The average Bonchev–Trinajstić information content (AvgIpc) is 2.79. The molecule has 2 saturated carbocycles. The molecule has 1 aromatic heterocycles. The van der Waals surface area contributed by atoms with Crippen LogP contribution in [0.15, 0.2) is 6.33 Å². The Morgan fingerprint density at radius 3 is 2.68 bits per heavy atom. The van der Waals surface area contributed by atoms with Crippen LogP contribution in [0.5, 0.6) is 0 Å². The predicted molar refractivity (Wildman–Crippen MR) is 75.7 cm³/mol. The van der Waals surface area contributed by atoms with Gasteiger partial charge in [-0.1, -0.05) is 13.8 Å². The number of rotatable bonds is 6. The van der Waals surface area contributed by atoms with E-state index in [1.807, 2.05) is 0 Å². The maximum Gasteiger partial charge on any atom is 0.138 e. The van der Waals surface area contributed by atoms with Crippen molar-refractivity contribution in [3.63, 3.8) is 0 Å². The van der Waals surface area contributed by atoms with Crippen LogP contribution in [0.2, 0.25) is 0 Å². The number of nitrogens with one attached hydrogen (secondary N) is 1. The summed E-state index contributed by atoms with van der Waals surface area (Å²) < 4.78 is 2.09. The van der Waals surface area contributed by atoms with Gasteiger partial charge in [-0.2, -0.15) is 5.10 Å². The molecule has 19 heavy (non-hydrogen) atoms. The Hall–Kier alpha value is -0.900. The first-order valence-corrected chi connectivity index (χ1v) is 7.71. The van der Waals surface area contributed by atoms with Gasteiger partial charge in [0.15, 0.2) is 0 Å². The van der Waals surface area contributed by atoms with Gasteiger partial charge in [-0.25, -0.2) is 9.67 Å². The first-order chi connectivity index (χ1) is 9.17. The van der Waals surface area contributed by atoms with Crippen LogP contribution in [0.1, 0.15) is 38.9 Å². The molecule has 0 radical (unpaired) electrons. The minimum atomic E-state index is 0.572. The summed E-state index contributed by atoms with van der Waals surface area (Å²) in [6.07, 6.45) is 7.07. The first kappa shape index (κ1) is 13.1. The molecule has 1 heterocycles. The second-order valence-electron chi connectivity index (χ2n) is 6.84. The van der Waals surface area contributed by atoms with E-state index in [2.05, 4.69) is 41.0 Å². The predicted octanol–water partition coefficient (Wildman–Crippen LogP) is 2.11. The monoisotopic (exact) mass is 262 g/mol. The molecule has 0 aromatic carbocycles. The number of likely N-dealkylation sites (N-methyl/N-ethyl adjacent to an activating group) is 1. The van der Waals surface area contributed by atoms with Gasteiger partial charge in [0.1, 0.15) is 12.2 Å². The van der Waals surface area contributed by atoms with Gasteiger partial charge >= 0.3 is 0 Å². The lowest BCUT2D eigenvalue weighted by atomic mass is 9.92. The molecular formula is C15H26N4. The highest BCUT2D eigenvalue weighted by molar-refractivity contribution is 5.01. The molecular weight excluding hydrogens is 236 g/mol. The van der Waals surface area contributed by atoms with Crippen LogP contribution in [0, 0.1) is 23.7 Å². The number of hydrogen-bond acceptors (Lipinski definition) is 3. The molecule has 0 amide bonds. The van der Waals surface area contributed by atoms with Crippen molar-refractivity contribution in [1.29, 1.82) is 0 Å². The zero-order valence-corrected chi connectivity index (χ0v) is 12.3. The Morgan fingerprint density at radius 2 is 2.05 bits per heavy atom. The molecule has 3 atom stereocenters. The smallest absolute Gasteiger partial charge is 0.138 e. The summed E-state index contributed by atoms with van der Waals surface area (Å²) in [6.45, 7) is 5.43. The first-order valence-electron chi connectivity index (χ1n) is 7.71. The van der Waals surface area contributed by atoms with Crippen LogP contribution in [0.4, 0.5) is 0 Å². The summed E-state index contributed by atoms with van der Waals surface area (Å²) in [5.74, 6) is 4.71. The van der Waals surface area contributed by atoms with Crippen molar-refractivity contribution in [3.05, 3.63) is 12.2 Å². The molecule has 2 fully saturated rings. The fourth-order valence-electron chi connectivity index (χ4n) is 3.74. The van der Waals surface area contributed by atoms with E-state index in [0.29, 0.717) is 12.0 Å². The highest BCUT2D eigenvalue weighted by Gasteiger charge is 2.47. The van der Waals surface area contributed by atoms with E-state index >= 15 is 0 Å². The second kappa shape index (κ2) is 5.23. The van der Waals surface area contributed by atoms with Crippen LogP contribution in [0.25, 0.3) is 0 Å². The summed E-state index contributed by atoms with van der Waals surface area (Å²) >= 11 is 0. The second-order valence-corrected chi connectivity index (χ2v) is 6.84. The molecule has 0 aliphatic heterocycles. The average molecular weight is 262 g/mol. The molecule has 0 bridgehead atoms. The van der Waals surface area contributed by atoms with Crippen molar-refractivity contribution >= 4 is 0 Å². The Morgan fingerprint density at radius 1 is 1.32 bits per heavy atom. The van der Waals surface area contributed by atoms with E-state index in [-0.39, 0.29) is 0 Å². The maximum absolute atomic E-state index is 4.47. The lowest BCUT2D eigenvalue weighted by Crippen LogP contribution is -2.36. The number of aromatic nitrogens is 3. The lowest BCUT2D eigenvalue weighted by Gasteiger charge is -2.24. The van der Waals surface area contributed by atoms with Gasteiger partial charge in [-0.3, -0.25) is 0 Å². The van der Waals surface area contributed by atoms with Gasteiger partial charge in [0.2, 0.25) is 0 Å². The van der Waals surface area contributed by atoms with Crippen molar-refractivity contribution in [2.24, 2.45) is 23.7 Å². The zero-order chi connectivity index (χ0) is 13.4. The highest BCUT2D eigenvalue weighted by Crippen LogP contribution is 2.55. The molecule has 3 rings (SSSR count). The minimum Gasteiger partial charge on any atom is -0.316 e. The molecule has 1 aromatic rings. The van der Waals surface area contributed by atoms with Crippen molar-refractivity contribution < 1.29 is 0 Å². The largest absolute Gasteiger partial charge is 0.316 e. The zero-order valence-electron chi connectivity index (χ0n) is 12.3. The SMILES string of the molecule is CNC(Cc1ncnn1CC(C)C)C1CC2CC2C1. The Balaban J connectivity index is 1.63. The van der Waals surface area contributed by atoms with E-state index in [1.165, 1.54) is 19.3 Å². The van der Waals surface area contributed by atoms with Gasteiger partial charge in [-0.05, 0) is 50.0 Å². The molecule has 106 valence electrons. The normalized spacial score (nSPS) is 30.6. The quantitative estimate of drug-likeness (QED) is 0.854. The number of nitrogens with zero attached hydrogens (tertiary/aromatic N) is 3. The molecule has 0 saturated heterocycles. The van der Waals surface area contributed by atoms with Crippen LogP contribution in [-0.4, -0.2) is 27.9 Å². The van der Waals surface area contributed by atoms with Gasteiger partial charge < -0.3 is 5.32 Å². The third kappa shape index (κ3) is 2.83. The summed E-state index contributed by atoms with van der Waals surface area (Å²) in [7, 11) is 2.10. The van der Waals surface area contributed by atoms with Gasteiger partial charge in [0.25, 0.3) is 0 Å². The van der Waals surface area contributed by atoms with Crippen molar-refractivity contribution in [2.75, 3.05) is 7.05 Å². The fraction of sp³-hybridized carbons (Fsp3) is 0.867. The van der Waals surface area contributed by atoms with Crippen LogP contribution in [-0.2, 0) is 13.0 Å². The van der Waals surface area contributed by atoms with Crippen molar-refractivity contribution in [2.45, 2.75) is 52.1 Å². The summed E-state index contributed by atoms with van der Waals surface area (Å²) in [5, 5.41) is 7.89. The molecule has 0 spiro atoms. The fourth-order valence-corrected chi connectivity index (χ4v) is 3.74. The Kier molecular flexibility index (Phi) is 3.61. The molecule has 3 unspecified atom stereocenters. The third-order valence-electron chi connectivity index (χ3n) is 4.86. The van der Waals surface area contributed by atoms with Crippen molar-refractivity contribution in [3.8, 4) is 0 Å².